The number of ether oxygens (including phenoxy) is 2. The molecule has 1 amide bonds. The van der Waals surface area contributed by atoms with Gasteiger partial charge in [0.2, 0.25) is 10.0 Å². The number of primary sulfonamides is 1. The van der Waals surface area contributed by atoms with E-state index in [0.717, 1.165) is 5.56 Å². The molecular weight excluding hydrogens is 384 g/mol. The Balaban J connectivity index is 1.75. The normalized spacial score (nSPS) is 12.1. The molecule has 1 atom stereocenters. The number of hydrogen-bond acceptors (Lipinski definition) is 6. The van der Waals surface area contributed by atoms with Gasteiger partial charge in [0.05, 0.1) is 4.90 Å². The summed E-state index contributed by atoms with van der Waals surface area (Å²) < 4.78 is 32.8. The topological polar surface area (TPSA) is 125 Å². The lowest BCUT2D eigenvalue weighted by atomic mass is 10.2. The third-order valence-corrected chi connectivity index (χ3v) is 4.68. The van der Waals surface area contributed by atoms with E-state index in [1.54, 1.807) is 12.1 Å². The van der Waals surface area contributed by atoms with Crippen molar-refractivity contribution < 1.29 is 27.5 Å². The average molecular weight is 406 g/mol. The number of sulfonamides is 1. The zero-order valence-electron chi connectivity index (χ0n) is 15.5. The minimum absolute atomic E-state index is 0.0147. The number of aryl methyl sites for hydroxylation is 1. The number of nitrogens with one attached hydrogen (secondary N) is 1. The first kappa shape index (κ1) is 21.4. The minimum atomic E-state index is -3.76. The summed E-state index contributed by atoms with van der Waals surface area (Å²) in [6.07, 6.45) is -0.860. The van der Waals surface area contributed by atoms with Crippen molar-refractivity contribution in [3.05, 3.63) is 59.7 Å². The fraction of sp³-hybridized carbons (Fsp3) is 0.263. The van der Waals surface area contributed by atoms with Crippen LogP contribution in [0.2, 0.25) is 0 Å². The molecule has 0 saturated carbocycles. The highest BCUT2D eigenvalue weighted by molar-refractivity contribution is 7.89. The predicted molar refractivity (Wildman–Crippen MR) is 102 cm³/mol. The number of hydrogen-bond donors (Lipinski definition) is 2. The molecule has 8 nitrogen and oxygen atoms in total. The summed E-state index contributed by atoms with van der Waals surface area (Å²) in [4.78, 5) is 23.7. The third-order valence-electron chi connectivity index (χ3n) is 3.75. The van der Waals surface area contributed by atoms with Gasteiger partial charge in [0.1, 0.15) is 5.75 Å². The van der Waals surface area contributed by atoms with Gasteiger partial charge in [0, 0.05) is 6.54 Å². The Morgan fingerprint density at radius 3 is 2.25 bits per heavy atom. The molecule has 0 spiro atoms. The van der Waals surface area contributed by atoms with E-state index in [0.29, 0.717) is 11.3 Å². The Morgan fingerprint density at radius 2 is 1.68 bits per heavy atom. The van der Waals surface area contributed by atoms with Gasteiger partial charge < -0.3 is 14.8 Å². The van der Waals surface area contributed by atoms with Crippen LogP contribution in [-0.4, -0.2) is 33.0 Å². The molecule has 2 rings (SSSR count). The summed E-state index contributed by atoms with van der Waals surface area (Å²) in [7, 11) is -3.76. The highest BCUT2D eigenvalue weighted by Crippen LogP contribution is 2.13. The molecule has 3 N–H and O–H groups in total. The van der Waals surface area contributed by atoms with E-state index in [2.05, 4.69) is 5.32 Å². The standard InChI is InChI=1S/C19H22N2O6S/c1-13-3-7-16(8-4-13)27-14(2)19(23)26-12-18(22)21-11-15-5-9-17(10-6-15)28(20,24)25/h3-10,14H,11-12H2,1-2H3,(H,21,22)(H2,20,24,25). The van der Waals surface area contributed by atoms with Gasteiger partial charge in [0.15, 0.2) is 12.7 Å². The Hall–Kier alpha value is -2.91. The van der Waals surface area contributed by atoms with Crippen molar-refractivity contribution in [1.29, 1.82) is 0 Å². The van der Waals surface area contributed by atoms with Crippen LogP contribution in [0, 0.1) is 6.92 Å². The minimum Gasteiger partial charge on any atom is -0.479 e. The molecule has 9 heteroatoms. The number of rotatable bonds is 8. The lowest BCUT2D eigenvalue weighted by Gasteiger charge is -2.14. The van der Waals surface area contributed by atoms with Gasteiger partial charge in [0.25, 0.3) is 5.91 Å². The molecule has 150 valence electrons. The quantitative estimate of drug-likeness (QED) is 0.636. The van der Waals surface area contributed by atoms with Crippen molar-refractivity contribution in [1.82, 2.24) is 5.32 Å². The van der Waals surface area contributed by atoms with Crippen LogP contribution < -0.4 is 15.2 Å². The Morgan fingerprint density at radius 1 is 1.07 bits per heavy atom. The van der Waals surface area contributed by atoms with Crippen LogP contribution in [0.5, 0.6) is 5.75 Å². The van der Waals surface area contributed by atoms with Gasteiger partial charge in [-0.25, -0.2) is 18.4 Å². The van der Waals surface area contributed by atoms with E-state index in [4.69, 9.17) is 14.6 Å². The lowest BCUT2D eigenvalue weighted by molar-refractivity contribution is -0.154. The molecule has 0 aliphatic carbocycles. The summed E-state index contributed by atoms with van der Waals surface area (Å²) in [5.41, 5.74) is 1.74. The molecule has 0 aliphatic rings. The van der Waals surface area contributed by atoms with Gasteiger partial charge in [-0.3, -0.25) is 4.79 Å². The van der Waals surface area contributed by atoms with Crippen LogP contribution in [-0.2, 0) is 30.9 Å². The van der Waals surface area contributed by atoms with E-state index in [9.17, 15) is 18.0 Å². The summed E-state index contributed by atoms with van der Waals surface area (Å²) in [6.45, 7) is 3.17. The maximum Gasteiger partial charge on any atom is 0.347 e. The molecule has 0 aromatic heterocycles. The Bertz CT molecular complexity index is 924. The lowest BCUT2D eigenvalue weighted by Crippen LogP contribution is -2.32. The summed E-state index contributed by atoms with van der Waals surface area (Å²) >= 11 is 0. The van der Waals surface area contributed by atoms with Crippen molar-refractivity contribution in [2.75, 3.05) is 6.61 Å². The van der Waals surface area contributed by atoms with Crippen LogP contribution in [0.1, 0.15) is 18.1 Å². The highest BCUT2D eigenvalue weighted by atomic mass is 32.2. The molecule has 2 aromatic carbocycles. The van der Waals surface area contributed by atoms with E-state index in [1.807, 2.05) is 19.1 Å². The molecule has 0 bridgehead atoms. The van der Waals surface area contributed by atoms with E-state index in [1.165, 1.54) is 31.2 Å². The average Bonchev–Trinajstić information content (AvgIpc) is 2.65. The number of carbonyl (C=O) groups is 2. The van der Waals surface area contributed by atoms with Crippen molar-refractivity contribution in [2.24, 2.45) is 5.14 Å². The second-order valence-corrected chi connectivity index (χ2v) is 7.71. The predicted octanol–water partition coefficient (Wildman–Crippen LogP) is 1.27. The molecule has 2 aromatic rings. The third kappa shape index (κ3) is 6.67. The smallest absolute Gasteiger partial charge is 0.347 e. The van der Waals surface area contributed by atoms with Gasteiger partial charge in [-0.1, -0.05) is 29.8 Å². The Kier molecular flexibility index (Phi) is 7.13. The molecule has 0 radical (unpaired) electrons. The maximum atomic E-state index is 11.9. The van der Waals surface area contributed by atoms with Crippen molar-refractivity contribution in [3.8, 4) is 5.75 Å². The monoisotopic (exact) mass is 406 g/mol. The molecule has 1 unspecified atom stereocenters. The Labute approximate surface area is 163 Å². The molecular formula is C19H22N2O6S. The van der Waals surface area contributed by atoms with Gasteiger partial charge in [-0.2, -0.15) is 0 Å². The molecule has 0 aliphatic heterocycles. The zero-order chi connectivity index (χ0) is 20.7. The number of esters is 1. The van der Waals surface area contributed by atoms with E-state index < -0.39 is 34.6 Å². The van der Waals surface area contributed by atoms with Gasteiger partial charge in [-0.05, 0) is 43.7 Å². The first-order valence-electron chi connectivity index (χ1n) is 8.43. The summed E-state index contributed by atoms with van der Waals surface area (Å²) in [5, 5.41) is 7.59. The number of carbonyl (C=O) groups excluding carboxylic acids is 2. The summed E-state index contributed by atoms with van der Waals surface area (Å²) in [5.74, 6) is -0.623. The molecule has 0 heterocycles. The van der Waals surface area contributed by atoms with Crippen molar-refractivity contribution >= 4 is 21.9 Å². The van der Waals surface area contributed by atoms with Crippen LogP contribution in [0.25, 0.3) is 0 Å². The molecule has 0 fully saturated rings. The second kappa shape index (κ2) is 9.34. The first-order chi connectivity index (χ1) is 13.1. The fourth-order valence-corrected chi connectivity index (χ4v) is 2.69. The largest absolute Gasteiger partial charge is 0.479 e. The van der Waals surface area contributed by atoms with Crippen LogP contribution in [0.4, 0.5) is 0 Å². The van der Waals surface area contributed by atoms with E-state index in [-0.39, 0.29) is 11.4 Å². The van der Waals surface area contributed by atoms with Crippen molar-refractivity contribution in [2.45, 2.75) is 31.4 Å². The molecule has 0 saturated heterocycles. The van der Waals surface area contributed by atoms with Gasteiger partial charge in [-0.15, -0.1) is 0 Å². The highest BCUT2D eigenvalue weighted by Gasteiger charge is 2.17. The zero-order valence-corrected chi connectivity index (χ0v) is 16.4. The SMILES string of the molecule is Cc1ccc(OC(C)C(=O)OCC(=O)NCc2ccc(S(N)(=O)=O)cc2)cc1. The first-order valence-corrected chi connectivity index (χ1v) is 9.98. The number of amides is 1. The number of nitrogens with two attached hydrogens (primary N) is 1. The molecule has 28 heavy (non-hydrogen) atoms. The van der Waals surface area contributed by atoms with Crippen molar-refractivity contribution in [3.63, 3.8) is 0 Å². The summed E-state index contributed by atoms with van der Waals surface area (Å²) in [6, 6.07) is 13.0. The maximum absolute atomic E-state index is 11.9. The number of benzene rings is 2. The van der Waals surface area contributed by atoms with Crippen LogP contribution >= 0.6 is 0 Å². The fourth-order valence-electron chi connectivity index (χ4n) is 2.17. The second-order valence-electron chi connectivity index (χ2n) is 6.15. The van der Waals surface area contributed by atoms with E-state index >= 15 is 0 Å². The van der Waals surface area contributed by atoms with Crippen LogP contribution in [0.3, 0.4) is 0 Å². The van der Waals surface area contributed by atoms with Gasteiger partial charge >= 0.3 is 5.97 Å². The van der Waals surface area contributed by atoms with Crippen LogP contribution in [0.15, 0.2) is 53.4 Å².